The lowest BCUT2D eigenvalue weighted by atomic mass is 10.0. The molecule has 0 saturated carbocycles. The Morgan fingerprint density at radius 2 is 0.900 bits per heavy atom. The first-order valence-corrected chi connectivity index (χ1v) is 10.6. The summed E-state index contributed by atoms with van der Waals surface area (Å²) in [6.45, 7) is 0. The number of carboxylic acids is 4. The second-order valence-electron chi connectivity index (χ2n) is 7.64. The molecule has 0 amide bonds. The second-order valence-corrected chi connectivity index (χ2v) is 7.64. The molecule has 4 rings (SSSR count). The number of fused-ring (bicyclic) bond motifs is 1. The number of esters is 4. The number of carbonyl (C=O) groups is 8. The van der Waals surface area contributed by atoms with Crippen molar-refractivity contribution in [1.82, 2.24) is 0 Å². The molecular formula is C26H14O14. The van der Waals surface area contributed by atoms with Crippen molar-refractivity contribution in [3.05, 3.63) is 105 Å². The molecule has 1 aliphatic heterocycles. The Hall–Kier alpha value is -6.18. The van der Waals surface area contributed by atoms with E-state index in [1.807, 2.05) is 0 Å². The van der Waals surface area contributed by atoms with E-state index in [-0.39, 0.29) is 0 Å². The quantitative estimate of drug-likeness (QED) is 0.255. The van der Waals surface area contributed by atoms with Crippen LogP contribution in [0.15, 0.2) is 60.7 Å². The third-order valence-corrected chi connectivity index (χ3v) is 5.17. The van der Waals surface area contributed by atoms with Crippen molar-refractivity contribution in [1.29, 1.82) is 0 Å². The third-order valence-electron chi connectivity index (χ3n) is 5.17. The van der Waals surface area contributed by atoms with Gasteiger partial charge in [-0.2, -0.15) is 0 Å². The molecule has 202 valence electrons. The first kappa shape index (κ1) is 28.4. The van der Waals surface area contributed by atoms with Crippen molar-refractivity contribution in [3.63, 3.8) is 0 Å². The van der Waals surface area contributed by atoms with Gasteiger partial charge in [-0.25, -0.2) is 38.4 Å². The van der Waals surface area contributed by atoms with Crippen LogP contribution in [-0.2, 0) is 9.47 Å². The van der Waals surface area contributed by atoms with Gasteiger partial charge in [0, 0.05) is 0 Å². The summed E-state index contributed by atoms with van der Waals surface area (Å²) < 4.78 is 8.86. The number of cyclic esters (lactones) is 2. The topological polar surface area (TPSA) is 236 Å². The van der Waals surface area contributed by atoms with E-state index in [2.05, 4.69) is 9.47 Å². The summed E-state index contributed by atoms with van der Waals surface area (Å²) in [4.78, 5) is 90.5. The summed E-state index contributed by atoms with van der Waals surface area (Å²) in [5, 5.41) is 36.1. The maximum absolute atomic E-state index is 12.2. The summed E-state index contributed by atoms with van der Waals surface area (Å²) in [6.07, 6.45) is 0. The van der Waals surface area contributed by atoms with Crippen LogP contribution in [-0.4, -0.2) is 68.2 Å². The summed E-state index contributed by atoms with van der Waals surface area (Å²) in [6, 6.07) is 11.4. The normalized spacial score (nSPS) is 11.3. The van der Waals surface area contributed by atoms with Gasteiger partial charge in [0.25, 0.3) is 0 Å². The van der Waals surface area contributed by atoms with E-state index in [0.29, 0.717) is 23.3 Å². The lowest BCUT2D eigenvalue weighted by Crippen LogP contribution is -2.19. The molecule has 0 fully saturated rings. The summed E-state index contributed by atoms with van der Waals surface area (Å²) >= 11 is 0. The second kappa shape index (κ2) is 11.5. The van der Waals surface area contributed by atoms with Crippen LogP contribution in [0.25, 0.3) is 0 Å². The standard InChI is InChI=1S/C18H10O11.C8H4O3/c19-13(20)7-1-3-9(11(5-7)15(23)24)17(27)29-18(28)10-4-2-8(14(21)22)6-12(10)16(25)26;9-7-5-3-1-2-4-6(5)8(10)11-7/h1-6H,(H,19,20)(H,21,22)(H,23,24)(H,25,26);1-4H. The number of aromatic carboxylic acids is 4. The Labute approximate surface area is 221 Å². The molecule has 0 radical (unpaired) electrons. The molecule has 0 spiro atoms. The van der Waals surface area contributed by atoms with Crippen LogP contribution in [0.4, 0.5) is 0 Å². The van der Waals surface area contributed by atoms with Crippen molar-refractivity contribution in [2.75, 3.05) is 0 Å². The van der Waals surface area contributed by atoms with Crippen LogP contribution in [0.1, 0.15) is 82.9 Å². The van der Waals surface area contributed by atoms with Crippen LogP contribution in [0.2, 0.25) is 0 Å². The third kappa shape index (κ3) is 6.03. The van der Waals surface area contributed by atoms with E-state index in [1.54, 1.807) is 24.3 Å². The maximum atomic E-state index is 12.2. The fraction of sp³-hybridized carbons (Fsp3) is 0. The van der Waals surface area contributed by atoms with E-state index in [0.717, 1.165) is 24.3 Å². The van der Waals surface area contributed by atoms with Gasteiger partial charge in [0.15, 0.2) is 0 Å². The van der Waals surface area contributed by atoms with Gasteiger partial charge in [0.1, 0.15) is 0 Å². The van der Waals surface area contributed by atoms with E-state index >= 15 is 0 Å². The predicted octanol–water partition coefficient (Wildman–Crippen LogP) is 2.47. The largest absolute Gasteiger partial charge is 0.478 e. The average molecular weight is 550 g/mol. The number of carboxylic acid groups (broad SMARTS) is 4. The Bertz CT molecular complexity index is 1510. The van der Waals surface area contributed by atoms with Crippen molar-refractivity contribution < 1.29 is 68.3 Å². The van der Waals surface area contributed by atoms with Crippen LogP contribution in [0, 0.1) is 0 Å². The van der Waals surface area contributed by atoms with Gasteiger partial charge in [-0.05, 0) is 48.5 Å². The molecule has 0 atom stereocenters. The molecule has 0 aromatic heterocycles. The van der Waals surface area contributed by atoms with Gasteiger partial charge in [-0.1, -0.05) is 12.1 Å². The molecular weight excluding hydrogens is 536 g/mol. The molecule has 14 heteroatoms. The molecule has 0 bridgehead atoms. The van der Waals surface area contributed by atoms with Crippen molar-refractivity contribution in [2.24, 2.45) is 0 Å². The monoisotopic (exact) mass is 550 g/mol. The summed E-state index contributed by atoms with van der Waals surface area (Å²) in [5.41, 5.74) is -2.92. The number of benzene rings is 3. The number of ether oxygens (including phenoxy) is 2. The molecule has 3 aromatic rings. The van der Waals surface area contributed by atoms with E-state index in [4.69, 9.17) is 20.4 Å². The number of hydrogen-bond acceptors (Lipinski definition) is 10. The highest BCUT2D eigenvalue weighted by Gasteiger charge is 2.28. The zero-order chi connectivity index (χ0) is 29.7. The smallest absolute Gasteiger partial charge is 0.346 e. The highest BCUT2D eigenvalue weighted by Crippen LogP contribution is 2.19. The Morgan fingerprint density at radius 3 is 1.23 bits per heavy atom. The zero-order valence-electron chi connectivity index (χ0n) is 19.6. The molecule has 1 heterocycles. The SMILES string of the molecule is O=C(O)c1ccc(C(=O)OC(=O)c2ccc(C(=O)O)cc2C(=O)O)c(C(=O)O)c1.O=C1OC(=O)c2ccccc21. The van der Waals surface area contributed by atoms with Gasteiger partial charge in [0.05, 0.1) is 44.5 Å². The zero-order valence-corrected chi connectivity index (χ0v) is 19.6. The lowest BCUT2D eigenvalue weighted by molar-refractivity contribution is 0.0382. The van der Waals surface area contributed by atoms with Gasteiger partial charge in [-0.15, -0.1) is 0 Å². The minimum atomic E-state index is -1.66. The molecule has 0 saturated heterocycles. The number of hydrogen-bond donors (Lipinski definition) is 4. The summed E-state index contributed by atoms with van der Waals surface area (Å²) in [5.74, 6) is -10.3. The number of rotatable bonds is 6. The fourth-order valence-corrected chi connectivity index (χ4v) is 3.29. The van der Waals surface area contributed by atoms with Gasteiger partial charge < -0.3 is 29.9 Å². The average Bonchev–Trinajstić information content (AvgIpc) is 3.21. The minimum absolute atomic E-state index is 0.359. The molecule has 4 N–H and O–H groups in total. The predicted molar refractivity (Wildman–Crippen MR) is 127 cm³/mol. The first-order chi connectivity index (χ1) is 18.8. The van der Waals surface area contributed by atoms with Crippen LogP contribution < -0.4 is 0 Å². The molecule has 40 heavy (non-hydrogen) atoms. The van der Waals surface area contributed by atoms with E-state index < -0.39 is 81.1 Å². The van der Waals surface area contributed by atoms with Crippen molar-refractivity contribution in [3.8, 4) is 0 Å². The Morgan fingerprint density at radius 1 is 0.525 bits per heavy atom. The van der Waals surface area contributed by atoms with Gasteiger partial charge in [-0.3, -0.25) is 0 Å². The molecule has 14 nitrogen and oxygen atoms in total. The van der Waals surface area contributed by atoms with Crippen LogP contribution in [0.3, 0.4) is 0 Å². The minimum Gasteiger partial charge on any atom is -0.478 e. The van der Waals surface area contributed by atoms with Crippen LogP contribution in [0.5, 0.6) is 0 Å². The van der Waals surface area contributed by atoms with E-state index in [9.17, 15) is 38.4 Å². The van der Waals surface area contributed by atoms with Crippen LogP contribution >= 0.6 is 0 Å². The molecule has 0 unspecified atom stereocenters. The first-order valence-electron chi connectivity index (χ1n) is 10.6. The van der Waals surface area contributed by atoms with Gasteiger partial charge >= 0.3 is 47.8 Å². The van der Waals surface area contributed by atoms with Crippen molar-refractivity contribution in [2.45, 2.75) is 0 Å². The van der Waals surface area contributed by atoms with Crippen molar-refractivity contribution >= 4 is 47.8 Å². The highest BCUT2D eigenvalue weighted by atomic mass is 16.6. The molecule has 0 aliphatic carbocycles. The van der Waals surface area contributed by atoms with E-state index in [1.165, 1.54) is 0 Å². The highest BCUT2D eigenvalue weighted by molar-refractivity contribution is 6.14. The lowest BCUT2D eigenvalue weighted by Gasteiger charge is -2.09. The number of carbonyl (C=O) groups excluding carboxylic acids is 4. The molecule has 1 aliphatic rings. The molecule has 3 aromatic carbocycles. The maximum Gasteiger partial charge on any atom is 0.346 e. The van der Waals surface area contributed by atoms with Gasteiger partial charge in [0.2, 0.25) is 0 Å². The summed E-state index contributed by atoms with van der Waals surface area (Å²) in [7, 11) is 0. The fourth-order valence-electron chi connectivity index (χ4n) is 3.29. The Kier molecular flexibility index (Phi) is 8.14. The Balaban J connectivity index is 0.000000330.